The van der Waals surface area contributed by atoms with Crippen LogP contribution in [0, 0.1) is 11.7 Å². The Morgan fingerprint density at radius 3 is 2.39 bits per heavy atom. The van der Waals surface area contributed by atoms with E-state index in [-0.39, 0.29) is 23.7 Å². The molecule has 3 heterocycles. The molecule has 0 aromatic heterocycles. The largest absolute Gasteiger partial charge is 0.365 e. The maximum Gasteiger partial charge on any atom is 0.228 e. The van der Waals surface area contributed by atoms with Gasteiger partial charge >= 0.3 is 0 Å². The number of anilines is 2. The molecular formula is C23H26FN3O. The smallest absolute Gasteiger partial charge is 0.228 e. The van der Waals surface area contributed by atoms with Gasteiger partial charge in [0, 0.05) is 38.4 Å². The number of para-hydroxylation sites is 2. The van der Waals surface area contributed by atoms with Crippen molar-refractivity contribution in [2.24, 2.45) is 5.92 Å². The normalized spacial score (nSPS) is 24.1. The summed E-state index contributed by atoms with van der Waals surface area (Å²) in [4.78, 5) is 19.9. The lowest BCUT2D eigenvalue weighted by Gasteiger charge is -2.50. The zero-order chi connectivity index (χ0) is 19.1. The molecule has 2 fully saturated rings. The van der Waals surface area contributed by atoms with Gasteiger partial charge in [-0.1, -0.05) is 30.3 Å². The Morgan fingerprint density at radius 1 is 0.893 bits per heavy atom. The van der Waals surface area contributed by atoms with Crippen LogP contribution in [0.4, 0.5) is 15.8 Å². The van der Waals surface area contributed by atoms with Crippen LogP contribution in [0.15, 0.2) is 48.5 Å². The molecule has 0 unspecified atom stereocenters. The zero-order valence-corrected chi connectivity index (χ0v) is 16.1. The van der Waals surface area contributed by atoms with Gasteiger partial charge in [-0.15, -0.1) is 0 Å². The van der Waals surface area contributed by atoms with Crippen molar-refractivity contribution < 1.29 is 9.18 Å². The van der Waals surface area contributed by atoms with Gasteiger partial charge in [-0.3, -0.25) is 4.79 Å². The van der Waals surface area contributed by atoms with E-state index in [0.717, 1.165) is 45.4 Å². The van der Waals surface area contributed by atoms with Crippen molar-refractivity contribution in [2.75, 3.05) is 42.5 Å². The lowest BCUT2D eigenvalue weighted by Crippen LogP contribution is -2.61. The van der Waals surface area contributed by atoms with Gasteiger partial charge in [0.05, 0.1) is 17.6 Å². The molecule has 0 aliphatic carbocycles. The van der Waals surface area contributed by atoms with Crippen LogP contribution in [0.3, 0.4) is 0 Å². The molecule has 146 valence electrons. The summed E-state index contributed by atoms with van der Waals surface area (Å²) in [5.74, 6) is 0.0227. The molecular weight excluding hydrogens is 353 g/mol. The van der Waals surface area contributed by atoms with E-state index in [4.69, 9.17) is 0 Å². The van der Waals surface area contributed by atoms with E-state index in [1.54, 1.807) is 6.07 Å². The number of benzene rings is 2. The first-order valence-electron chi connectivity index (χ1n) is 10.4. The van der Waals surface area contributed by atoms with Gasteiger partial charge < -0.3 is 14.7 Å². The third-order valence-corrected chi connectivity index (χ3v) is 6.55. The molecule has 2 saturated heterocycles. The molecule has 0 spiro atoms. The summed E-state index contributed by atoms with van der Waals surface area (Å²) in [5, 5.41) is 0. The SMILES string of the molecule is O=C([C@@H]1Cc2ccccc2N2CCN(c3ccccc3F)C[C@@H]12)N1CCCC1. The summed E-state index contributed by atoms with van der Waals surface area (Å²) in [6.07, 6.45) is 2.98. The van der Waals surface area contributed by atoms with Crippen LogP contribution in [0.5, 0.6) is 0 Å². The Balaban J connectivity index is 1.48. The first-order chi connectivity index (χ1) is 13.7. The summed E-state index contributed by atoms with van der Waals surface area (Å²) in [6.45, 7) is 4.00. The average Bonchev–Trinajstić information content (AvgIpc) is 3.27. The predicted octanol–water partition coefficient (Wildman–Crippen LogP) is 3.32. The van der Waals surface area contributed by atoms with Crippen LogP contribution in [-0.4, -0.2) is 49.6 Å². The number of hydrogen-bond donors (Lipinski definition) is 0. The summed E-state index contributed by atoms with van der Waals surface area (Å²) in [7, 11) is 0. The second kappa shape index (κ2) is 7.12. The number of fused-ring (bicyclic) bond motifs is 3. The minimum atomic E-state index is -0.186. The molecule has 3 aliphatic rings. The third kappa shape index (κ3) is 2.93. The first kappa shape index (κ1) is 17.5. The highest BCUT2D eigenvalue weighted by molar-refractivity contribution is 5.82. The molecule has 3 aliphatic heterocycles. The van der Waals surface area contributed by atoms with E-state index >= 15 is 0 Å². The minimum Gasteiger partial charge on any atom is -0.365 e. The number of amides is 1. The number of rotatable bonds is 2. The van der Waals surface area contributed by atoms with Gasteiger partial charge in [-0.25, -0.2) is 4.39 Å². The highest BCUT2D eigenvalue weighted by atomic mass is 19.1. The fourth-order valence-corrected chi connectivity index (χ4v) is 5.14. The van der Waals surface area contributed by atoms with Gasteiger partial charge in [0.1, 0.15) is 5.82 Å². The highest BCUT2D eigenvalue weighted by Crippen LogP contribution is 2.38. The van der Waals surface area contributed by atoms with Crippen molar-refractivity contribution in [1.29, 1.82) is 0 Å². The number of halogens is 1. The van der Waals surface area contributed by atoms with Crippen molar-refractivity contribution in [1.82, 2.24) is 4.90 Å². The first-order valence-corrected chi connectivity index (χ1v) is 10.4. The van der Waals surface area contributed by atoms with Gasteiger partial charge in [0.15, 0.2) is 0 Å². The maximum absolute atomic E-state index is 14.4. The van der Waals surface area contributed by atoms with E-state index < -0.39 is 0 Å². The Morgan fingerprint density at radius 2 is 1.61 bits per heavy atom. The average molecular weight is 379 g/mol. The number of carbonyl (C=O) groups is 1. The highest BCUT2D eigenvalue weighted by Gasteiger charge is 2.43. The molecule has 1 amide bonds. The molecule has 2 atom stereocenters. The Labute approximate surface area is 165 Å². The lowest BCUT2D eigenvalue weighted by atomic mass is 9.83. The second-order valence-corrected chi connectivity index (χ2v) is 8.13. The van der Waals surface area contributed by atoms with E-state index in [0.29, 0.717) is 12.2 Å². The fraction of sp³-hybridized carbons (Fsp3) is 0.435. The molecule has 0 saturated carbocycles. The summed E-state index contributed by atoms with van der Waals surface area (Å²) in [5.41, 5.74) is 3.15. The molecule has 5 rings (SSSR count). The molecule has 5 heteroatoms. The van der Waals surface area contributed by atoms with Crippen molar-refractivity contribution >= 4 is 17.3 Å². The number of carbonyl (C=O) groups excluding carboxylic acids is 1. The van der Waals surface area contributed by atoms with E-state index in [2.05, 4.69) is 34.1 Å². The monoisotopic (exact) mass is 379 g/mol. The molecule has 0 bridgehead atoms. The second-order valence-electron chi connectivity index (χ2n) is 8.13. The van der Waals surface area contributed by atoms with Crippen LogP contribution >= 0.6 is 0 Å². The summed E-state index contributed by atoms with van der Waals surface area (Å²) < 4.78 is 14.4. The number of piperazine rings is 1. The molecule has 4 nitrogen and oxygen atoms in total. The van der Waals surface area contributed by atoms with Gasteiger partial charge in [-0.05, 0) is 43.0 Å². The zero-order valence-electron chi connectivity index (χ0n) is 16.1. The van der Waals surface area contributed by atoms with Crippen molar-refractivity contribution in [2.45, 2.75) is 25.3 Å². The van der Waals surface area contributed by atoms with Gasteiger partial charge in [0.2, 0.25) is 5.91 Å². The number of nitrogens with zero attached hydrogens (tertiary/aromatic N) is 3. The Kier molecular flexibility index (Phi) is 4.46. The summed E-state index contributed by atoms with van der Waals surface area (Å²) >= 11 is 0. The van der Waals surface area contributed by atoms with Crippen LogP contribution < -0.4 is 9.80 Å². The van der Waals surface area contributed by atoms with Gasteiger partial charge in [0.25, 0.3) is 0 Å². The van der Waals surface area contributed by atoms with Crippen LogP contribution in [-0.2, 0) is 11.2 Å². The van der Waals surface area contributed by atoms with Crippen molar-refractivity contribution in [3.8, 4) is 0 Å². The maximum atomic E-state index is 14.4. The van der Waals surface area contributed by atoms with Crippen LogP contribution in [0.1, 0.15) is 18.4 Å². The molecule has 2 aromatic rings. The standard InChI is InChI=1S/C23H26FN3O/c24-19-8-2-4-10-21(19)26-13-14-27-20-9-3-1-7-17(20)15-18(22(27)16-26)23(28)25-11-5-6-12-25/h1-4,7-10,18,22H,5-6,11-16H2/t18-,22+/m1/s1. The van der Waals surface area contributed by atoms with Crippen molar-refractivity contribution in [3.63, 3.8) is 0 Å². The van der Waals surface area contributed by atoms with Crippen molar-refractivity contribution in [3.05, 3.63) is 59.9 Å². The summed E-state index contributed by atoms with van der Waals surface area (Å²) in [6, 6.07) is 15.5. The molecule has 28 heavy (non-hydrogen) atoms. The Hall–Kier alpha value is -2.56. The molecule has 0 N–H and O–H groups in total. The lowest BCUT2D eigenvalue weighted by molar-refractivity contribution is -0.135. The molecule has 2 aromatic carbocycles. The topological polar surface area (TPSA) is 26.8 Å². The van der Waals surface area contributed by atoms with E-state index in [1.165, 1.54) is 17.3 Å². The predicted molar refractivity (Wildman–Crippen MR) is 109 cm³/mol. The fourth-order valence-electron chi connectivity index (χ4n) is 5.14. The number of likely N-dealkylation sites (tertiary alicyclic amines) is 1. The quantitative estimate of drug-likeness (QED) is 0.801. The van der Waals surface area contributed by atoms with Gasteiger partial charge in [-0.2, -0.15) is 0 Å². The molecule has 0 radical (unpaired) electrons. The third-order valence-electron chi connectivity index (χ3n) is 6.55. The number of hydrogen-bond acceptors (Lipinski definition) is 3. The van der Waals surface area contributed by atoms with Crippen LogP contribution in [0.2, 0.25) is 0 Å². The van der Waals surface area contributed by atoms with E-state index in [1.807, 2.05) is 17.0 Å². The minimum absolute atomic E-state index is 0.0671. The Bertz CT molecular complexity index is 880. The van der Waals surface area contributed by atoms with Crippen LogP contribution in [0.25, 0.3) is 0 Å². The van der Waals surface area contributed by atoms with E-state index in [9.17, 15) is 9.18 Å².